The zero-order valence-electron chi connectivity index (χ0n) is 15.1. The molecule has 1 atom stereocenters. The minimum absolute atomic E-state index is 0.118. The molecule has 0 spiro atoms. The zero-order chi connectivity index (χ0) is 20.0. The molecule has 2 amide bonds. The molecule has 1 heterocycles. The van der Waals surface area contributed by atoms with Crippen molar-refractivity contribution in [3.8, 4) is 11.5 Å². The monoisotopic (exact) mass is 382 g/mol. The molecule has 146 valence electrons. The summed E-state index contributed by atoms with van der Waals surface area (Å²) in [5.41, 5.74) is 0.872. The number of hydrogen-bond donors (Lipinski definition) is 1. The van der Waals surface area contributed by atoms with E-state index in [2.05, 4.69) is 10.1 Å². The van der Waals surface area contributed by atoms with Crippen LogP contribution in [0.3, 0.4) is 0 Å². The minimum atomic E-state index is -2.99. The second kappa shape index (κ2) is 9.02. The molecule has 1 unspecified atom stereocenters. The number of hydrogen-bond acceptors (Lipinski definition) is 5. The lowest BCUT2D eigenvalue weighted by atomic mass is 10.1. The number of rotatable bonds is 8. The molecule has 0 aliphatic heterocycles. The molecule has 1 aromatic carbocycles. The van der Waals surface area contributed by atoms with Gasteiger partial charge < -0.3 is 24.1 Å². The smallest absolute Gasteiger partial charge is 0.387 e. The van der Waals surface area contributed by atoms with Gasteiger partial charge in [0.1, 0.15) is 12.3 Å². The molecule has 9 heteroatoms. The third kappa shape index (κ3) is 5.44. The van der Waals surface area contributed by atoms with Gasteiger partial charge in [0.2, 0.25) is 5.91 Å². The summed E-state index contributed by atoms with van der Waals surface area (Å²) in [6.07, 6.45) is 2.63. The molecule has 0 aliphatic rings. The van der Waals surface area contributed by atoms with Crippen LogP contribution < -0.4 is 14.8 Å². The number of carbonyl (C=O) groups is 2. The van der Waals surface area contributed by atoms with Gasteiger partial charge in [0.15, 0.2) is 11.5 Å². The number of methoxy groups -OCH3 is 1. The summed E-state index contributed by atoms with van der Waals surface area (Å²) in [6, 6.07) is 5.19. The molecule has 2 aromatic rings. The lowest BCUT2D eigenvalue weighted by Crippen LogP contribution is -2.45. The summed E-state index contributed by atoms with van der Waals surface area (Å²) in [6.45, 7) is -1.31. The molecule has 2 rings (SSSR count). The van der Waals surface area contributed by atoms with Crippen LogP contribution in [-0.2, 0) is 11.3 Å². The van der Waals surface area contributed by atoms with E-state index >= 15 is 0 Å². The summed E-state index contributed by atoms with van der Waals surface area (Å²) in [7, 11) is 2.88. The van der Waals surface area contributed by atoms with Crippen LogP contribution >= 0.6 is 0 Å². The second-order valence-corrected chi connectivity index (χ2v) is 5.77. The van der Waals surface area contributed by atoms with Gasteiger partial charge in [-0.2, -0.15) is 8.78 Å². The van der Waals surface area contributed by atoms with E-state index in [1.54, 1.807) is 20.0 Å². The minimum Gasteiger partial charge on any atom is -0.493 e. The maximum absolute atomic E-state index is 12.5. The second-order valence-electron chi connectivity index (χ2n) is 5.77. The Labute approximate surface area is 154 Å². The maximum atomic E-state index is 12.5. The SMILES string of the molecule is COc1ccc(CN(C)C(=O)C(C)NC(=O)c2ccoc2)cc1OC(F)F. The number of benzene rings is 1. The number of amides is 2. The highest BCUT2D eigenvalue weighted by Crippen LogP contribution is 2.29. The predicted molar refractivity (Wildman–Crippen MR) is 91.7 cm³/mol. The zero-order valence-corrected chi connectivity index (χ0v) is 15.1. The van der Waals surface area contributed by atoms with E-state index in [1.807, 2.05) is 0 Å². The van der Waals surface area contributed by atoms with Crippen molar-refractivity contribution in [2.24, 2.45) is 0 Å². The van der Waals surface area contributed by atoms with Crippen LogP contribution in [0.4, 0.5) is 8.78 Å². The van der Waals surface area contributed by atoms with Gasteiger partial charge in [-0.1, -0.05) is 6.07 Å². The van der Waals surface area contributed by atoms with Gasteiger partial charge in [-0.25, -0.2) is 0 Å². The fourth-order valence-electron chi connectivity index (χ4n) is 2.43. The lowest BCUT2D eigenvalue weighted by Gasteiger charge is -2.22. The highest BCUT2D eigenvalue weighted by molar-refractivity contribution is 5.97. The number of carbonyl (C=O) groups excluding carboxylic acids is 2. The third-order valence-electron chi connectivity index (χ3n) is 3.74. The van der Waals surface area contributed by atoms with Gasteiger partial charge >= 0.3 is 6.61 Å². The fourth-order valence-corrected chi connectivity index (χ4v) is 2.43. The van der Waals surface area contributed by atoms with Crippen molar-refractivity contribution < 1.29 is 32.3 Å². The highest BCUT2D eigenvalue weighted by atomic mass is 19.3. The first kappa shape index (κ1) is 20.2. The van der Waals surface area contributed by atoms with Crippen LogP contribution in [0.5, 0.6) is 11.5 Å². The van der Waals surface area contributed by atoms with E-state index in [-0.39, 0.29) is 24.0 Å². The number of halogens is 2. The summed E-state index contributed by atoms with van der Waals surface area (Å²) in [5, 5.41) is 2.57. The average Bonchev–Trinajstić information content (AvgIpc) is 3.15. The predicted octanol–water partition coefficient (Wildman–Crippen LogP) is 2.67. The number of ether oxygens (including phenoxy) is 2. The van der Waals surface area contributed by atoms with Gasteiger partial charge in [0.05, 0.1) is 18.9 Å². The van der Waals surface area contributed by atoms with Crippen LogP contribution in [0.15, 0.2) is 41.2 Å². The Hall–Kier alpha value is -3.10. The van der Waals surface area contributed by atoms with Crippen molar-refractivity contribution >= 4 is 11.8 Å². The standard InChI is InChI=1S/C18H20F2N2O5/c1-11(21-16(23)13-6-7-26-10-13)17(24)22(2)9-12-4-5-14(25-3)15(8-12)27-18(19)20/h4-8,10-11,18H,9H2,1-3H3,(H,21,23). The van der Waals surface area contributed by atoms with Crippen LogP contribution in [0, 0.1) is 0 Å². The van der Waals surface area contributed by atoms with Crippen LogP contribution in [0.1, 0.15) is 22.8 Å². The van der Waals surface area contributed by atoms with Gasteiger partial charge in [-0.15, -0.1) is 0 Å². The molecule has 0 saturated carbocycles. The molecule has 1 N–H and O–H groups in total. The Kier molecular flexibility index (Phi) is 6.75. The number of nitrogens with zero attached hydrogens (tertiary/aromatic N) is 1. The number of likely N-dealkylation sites (N-methyl/N-ethyl adjacent to an activating group) is 1. The van der Waals surface area contributed by atoms with Crippen LogP contribution in [0.2, 0.25) is 0 Å². The normalized spacial score (nSPS) is 11.8. The van der Waals surface area contributed by atoms with Gasteiger partial charge in [-0.3, -0.25) is 9.59 Å². The van der Waals surface area contributed by atoms with Gasteiger partial charge in [0, 0.05) is 13.6 Å². The molecule has 27 heavy (non-hydrogen) atoms. The van der Waals surface area contributed by atoms with E-state index < -0.39 is 18.6 Å². The molecule has 1 aromatic heterocycles. The maximum Gasteiger partial charge on any atom is 0.387 e. The van der Waals surface area contributed by atoms with Crippen molar-refractivity contribution in [3.63, 3.8) is 0 Å². The highest BCUT2D eigenvalue weighted by Gasteiger charge is 2.21. The molecular weight excluding hydrogens is 362 g/mol. The largest absolute Gasteiger partial charge is 0.493 e. The molecule has 7 nitrogen and oxygen atoms in total. The quantitative estimate of drug-likeness (QED) is 0.759. The Bertz CT molecular complexity index is 780. The summed E-state index contributed by atoms with van der Waals surface area (Å²) in [5.74, 6) is -0.741. The van der Waals surface area contributed by atoms with E-state index in [0.717, 1.165) is 0 Å². The van der Waals surface area contributed by atoms with E-state index in [9.17, 15) is 18.4 Å². The van der Waals surface area contributed by atoms with Crippen LogP contribution in [-0.4, -0.2) is 43.5 Å². The van der Waals surface area contributed by atoms with Crippen molar-refractivity contribution in [2.75, 3.05) is 14.2 Å². The molecule has 0 radical (unpaired) electrons. The molecule has 0 bridgehead atoms. The first-order chi connectivity index (χ1) is 12.8. The Morgan fingerprint density at radius 2 is 2.00 bits per heavy atom. The van der Waals surface area contributed by atoms with Crippen molar-refractivity contribution in [2.45, 2.75) is 26.1 Å². The third-order valence-corrected chi connectivity index (χ3v) is 3.74. The summed E-state index contributed by atoms with van der Waals surface area (Å²) < 4.78 is 39.3. The topological polar surface area (TPSA) is 81.0 Å². The van der Waals surface area contributed by atoms with Gasteiger partial charge in [-0.05, 0) is 30.7 Å². The first-order valence-electron chi connectivity index (χ1n) is 8.01. The summed E-state index contributed by atoms with van der Waals surface area (Å²) in [4.78, 5) is 25.8. The lowest BCUT2D eigenvalue weighted by molar-refractivity contribution is -0.132. The van der Waals surface area contributed by atoms with E-state index in [1.165, 1.54) is 42.7 Å². The van der Waals surface area contributed by atoms with E-state index in [0.29, 0.717) is 11.1 Å². The molecule has 0 aliphatic carbocycles. The van der Waals surface area contributed by atoms with E-state index in [4.69, 9.17) is 9.15 Å². The Balaban J connectivity index is 2.01. The number of nitrogens with one attached hydrogen (secondary N) is 1. The molecular formula is C18H20F2N2O5. The number of alkyl halides is 2. The van der Waals surface area contributed by atoms with Gasteiger partial charge in [0.25, 0.3) is 5.91 Å². The number of furan rings is 1. The summed E-state index contributed by atoms with van der Waals surface area (Å²) >= 11 is 0. The van der Waals surface area contributed by atoms with Crippen molar-refractivity contribution in [3.05, 3.63) is 47.9 Å². The Morgan fingerprint density at radius 3 is 2.59 bits per heavy atom. The fraction of sp³-hybridized carbons (Fsp3) is 0.333. The van der Waals surface area contributed by atoms with Crippen LogP contribution in [0.25, 0.3) is 0 Å². The molecule has 0 fully saturated rings. The molecule has 0 saturated heterocycles. The Morgan fingerprint density at radius 1 is 1.26 bits per heavy atom. The first-order valence-corrected chi connectivity index (χ1v) is 8.01. The van der Waals surface area contributed by atoms with Crippen molar-refractivity contribution in [1.29, 1.82) is 0 Å². The average molecular weight is 382 g/mol. The van der Waals surface area contributed by atoms with Crippen molar-refractivity contribution in [1.82, 2.24) is 10.2 Å².